The van der Waals surface area contributed by atoms with E-state index in [1.165, 1.54) is 62.0 Å². The third kappa shape index (κ3) is 4.20. The first-order valence-electron chi connectivity index (χ1n) is 10.5. The Bertz CT molecular complexity index is 730. The molecule has 0 N–H and O–H groups in total. The van der Waals surface area contributed by atoms with Crippen molar-refractivity contribution in [3.05, 3.63) is 36.2 Å². The summed E-state index contributed by atoms with van der Waals surface area (Å²) in [6.45, 7) is 14.2. The van der Waals surface area contributed by atoms with Gasteiger partial charge in [0.2, 0.25) is 0 Å². The summed E-state index contributed by atoms with van der Waals surface area (Å²) in [5.41, 5.74) is 3.58. The van der Waals surface area contributed by atoms with Gasteiger partial charge in [-0.3, -0.25) is 4.90 Å². The van der Waals surface area contributed by atoms with E-state index >= 15 is 0 Å². The summed E-state index contributed by atoms with van der Waals surface area (Å²) in [6.07, 6.45) is 9.56. The molecule has 1 fully saturated rings. The van der Waals surface area contributed by atoms with E-state index in [1.807, 2.05) is 6.08 Å². The van der Waals surface area contributed by atoms with E-state index in [1.54, 1.807) is 0 Å². The molecule has 2 atom stereocenters. The predicted molar refractivity (Wildman–Crippen MR) is 112 cm³/mol. The average Bonchev–Trinajstić information content (AvgIpc) is 2.99. The summed E-state index contributed by atoms with van der Waals surface area (Å²) in [4.78, 5) is 7.71. The Labute approximate surface area is 159 Å². The van der Waals surface area contributed by atoms with Gasteiger partial charge in [0.05, 0.1) is 17.6 Å². The number of imidazole rings is 1. The lowest BCUT2D eigenvalue weighted by atomic mass is 9.91. The Morgan fingerprint density at radius 1 is 1.27 bits per heavy atom. The lowest BCUT2D eigenvalue weighted by Gasteiger charge is -2.38. The largest absolute Gasteiger partial charge is 0.327 e. The fourth-order valence-corrected chi connectivity index (χ4v) is 4.32. The first-order valence-corrected chi connectivity index (χ1v) is 10.5. The van der Waals surface area contributed by atoms with Gasteiger partial charge in [-0.15, -0.1) is 0 Å². The third-order valence-electron chi connectivity index (χ3n) is 5.99. The van der Waals surface area contributed by atoms with Gasteiger partial charge in [-0.2, -0.15) is 0 Å². The fraction of sp³-hybridized carbons (Fsp3) is 0.609. The molecular weight excluding hydrogens is 318 g/mol. The number of aromatic nitrogens is 2. The summed E-state index contributed by atoms with van der Waals surface area (Å²) >= 11 is 0. The monoisotopic (exact) mass is 353 g/mol. The van der Waals surface area contributed by atoms with Crippen molar-refractivity contribution in [2.75, 3.05) is 6.54 Å². The maximum atomic E-state index is 5.04. The third-order valence-corrected chi connectivity index (χ3v) is 5.99. The molecule has 1 aromatic heterocycles. The van der Waals surface area contributed by atoms with E-state index in [0.29, 0.717) is 6.04 Å². The molecule has 0 bridgehead atoms. The van der Waals surface area contributed by atoms with E-state index < -0.39 is 0 Å². The maximum absolute atomic E-state index is 5.04. The molecule has 2 heterocycles. The Morgan fingerprint density at radius 2 is 2.12 bits per heavy atom. The molecule has 3 rings (SSSR count). The number of rotatable bonds is 8. The number of fused-ring (bicyclic) bond motifs is 1. The zero-order valence-corrected chi connectivity index (χ0v) is 16.9. The summed E-state index contributed by atoms with van der Waals surface area (Å²) in [7, 11) is 0. The standard InChI is InChI=1S/C23H35N3/c1-5-8-9-13-26-22-16-19(6-2)10-11-21(22)24-23(26)17-25-14-12-18(4)15-20(25)7-3/h6,10-11,16,18,20H,2,5,7-9,12-15,17H2,1,3-4H3. The van der Waals surface area contributed by atoms with Crippen LogP contribution in [-0.4, -0.2) is 27.0 Å². The topological polar surface area (TPSA) is 21.1 Å². The molecule has 1 aliphatic rings. The van der Waals surface area contributed by atoms with Gasteiger partial charge in [-0.25, -0.2) is 4.98 Å². The van der Waals surface area contributed by atoms with Crippen LogP contribution in [0.15, 0.2) is 24.8 Å². The highest BCUT2D eigenvalue weighted by Gasteiger charge is 2.26. The van der Waals surface area contributed by atoms with E-state index in [9.17, 15) is 0 Å². The minimum absolute atomic E-state index is 0.700. The van der Waals surface area contributed by atoms with Crippen molar-refractivity contribution in [2.45, 2.75) is 78.4 Å². The van der Waals surface area contributed by atoms with Gasteiger partial charge in [0.1, 0.15) is 5.82 Å². The predicted octanol–water partition coefficient (Wildman–Crippen LogP) is 5.88. The van der Waals surface area contributed by atoms with Crippen LogP contribution in [0.25, 0.3) is 17.1 Å². The number of piperidine rings is 1. The van der Waals surface area contributed by atoms with Crippen LogP contribution in [0.2, 0.25) is 0 Å². The minimum Gasteiger partial charge on any atom is -0.327 e. The van der Waals surface area contributed by atoms with Gasteiger partial charge in [-0.05, 0) is 55.8 Å². The fourth-order valence-electron chi connectivity index (χ4n) is 4.32. The van der Waals surface area contributed by atoms with Crippen molar-refractivity contribution in [3.8, 4) is 0 Å². The summed E-state index contributed by atoms with van der Waals surface area (Å²) < 4.78 is 2.47. The second kappa shape index (κ2) is 8.85. The van der Waals surface area contributed by atoms with Crippen molar-refractivity contribution in [1.29, 1.82) is 0 Å². The van der Waals surface area contributed by atoms with Gasteiger partial charge >= 0.3 is 0 Å². The Hall–Kier alpha value is -1.61. The Balaban J connectivity index is 1.90. The van der Waals surface area contributed by atoms with Crippen molar-refractivity contribution in [1.82, 2.24) is 14.5 Å². The highest BCUT2D eigenvalue weighted by Crippen LogP contribution is 2.27. The van der Waals surface area contributed by atoms with Gasteiger partial charge in [0.25, 0.3) is 0 Å². The smallest absolute Gasteiger partial charge is 0.124 e. The highest BCUT2D eigenvalue weighted by molar-refractivity contribution is 5.79. The number of nitrogens with zero attached hydrogens (tertiary/aromatic N) is 3. The van der Waals surface area contributed by atoms with Gasteiger partial charge in [-0.1, -0.05) is 52.3 Å². The molecule has 0 aliphatic carbocycles. The zero-order chi connectivity index (χ0) is 18.5. The second-order valence-corrected chi connectivity index (χ2v) is 8.00. The molecular formula is C23H35N3. The molecule has 2 unspecified atom stereocenters. The molecule has 142 valence electrons. The molecule has 0 spiro atoms. The number of benzene rings is 1. The molecule has 0 radical (unpaired) electrons. The molecule has 1 aliphatic heterocycles. The van der Waals surface area contributed by atoms with Gasteiger partial charge in [0.15, 0.2) is 0 Å². The summed E-state index contributed by atoms with van der Waals surface area (Å²) in [6, 6.07) is 7.23. The lowest BCUT2D eigenvalue weighted by molar-refractivity contribution is 0.103. The van der Waals surface area contributed by atoms with Gasteiger partial charge < -0.3 is 4.57 Å². The number of aryl methyl sites for hydroxylation is 1. The normalized spacial score (nSPS) is 21.3. The number of hydrogen-bond donors (Lipinski definition) is 0. The van der Waals surface area contributed by atoms with Crippen molar-refractivity contribution >= 4 is 17.1 Å². The molecule has 2 aromatic rings. The van der Waals surface area contributed by atoms with Crippen LogP contribution in [0, 0.1) is 5.92 Å². The first kappa shape index (κ1) is 19.2. The lowest BCUT2D eigenvalue weighted by Crippen LogP contribution is -2.41. The van der Waals surface area contributed by atoms with Crippen LogP contribution in [0.4, 0.5) is 0 Å². The van der Waals surface area contributed by atoms with E-state index in [2.05, 4.69) is 55.0 Å². The van der Waals surface area contributed by atoms with Crippen LogP contribution in [-0.2, 0) is 13.1 Å². The molecule has 0 amide bonds. The molecule has 1 aromatic carbocycles. The number of hydrogen-bond acceptors (Lipinski definition) is 2. The number of likely N-dealkylation sites (tertiary alicyclic amines) is 1. The first-order chi connectivity index (χ1) is 12.7. The highest BCUT2D eigenvalue weighted by atomic mass is 15.2. The number of unbranched alkanes of at least 4 members (excludes halogenated alkanes) is 2. The van der Waals surface area contributed by atoms with Crippen LogP contribution in [0.5, 0.6) is 0 Å². The Kier molecular flexibility index (Phi) is 6.53. The average molecular weight is 354 g/mol. The maximum Gasteiger partial charge on any atom is 0.124 e. The van der Waals surface area contributed by atoms with Crippen molar-refractivity contribution in [3.63, 3.8) is 0 Å². The quantitative estimate of drug-likeness (QED) is 0.553. The van der Waals surface area contributed by atoms with E-state index in [0.717, 1.165) is 24.5 Å². The van der Waals surface area contributed by atoms with Crippen LogP contribution in [0.3, 0.4) is 0 Å². The molecule has 1 saturated heterocycles. The van der Waals surface area contributed by atoms with Crippen molar-refractivity contribution in [2.24, 2.45) is 5.92 Å². The molecule has 3 nitrogen and oxygen atoms in total. The molecule has 26 heavy (non-hydrogen) atoms. The molecule has 3 heteroatoms. The van der Waals surface area contributed by atoms with Crippen LogP contribution in [0.1, 0.15) is 70.7 Å². The minimum atomic E-state index is 0.700. The van der Waals surface area contributed by atoms with Gasteiger partial charge in [0, 0.05) is 12.6 Å². The van der Waals surface area contributed by atoms with Crippen LogP contribution < -0.4 is 0 Å². The van der Waals surface area contributed by atoms with Crippen LogP contribution >= 0.6 is 0 Å². The van der Waals surface area contributed by atoms with Crippen molar-refractivity contribution < 1.29 is 0 Å². The summed E-state index contributed by atoms with van der Waals surface area (Å²) in [5.74, 6) is 2.10. The molecule has 0 saturated carbocycles. The summed E-state index contributed by atoms with van der Waals surface area (Å²) in [5, 5.41) is 0. The zero-order valence-electron chi connectivity index (χ0n) is 16.9. The SMILES string of the molecule is C=Cc1ccc2nc(CN3CCC(C)CC3CC)n(CCCCC)c2c1. The Morgan fingerprint density at radius 3 is 2.85 bits per heavy atom. The van der Waals surface area contributed by atoms with E-state index in [-0.39, 0.29) is 0 Å². The van der Waals surface area contributed by atoms with E-state index in [4.69, 9.17) is 4.98 Å². The second-order valence-electron chi connectivity index (χ2n) is 8.00.